The van der Waals surface area contributed by atoms with Crippen LogP contribution in [0.1, 0.15) is 27.6 Å². The van der Waals surface area contributed by atoms with E-state index in [1.807, 2.05) is 30.3 Å². The molecule has 96 valence electrons. The van der Waals surface area contributed by atoms with Crippen molar-refractivity contribution in [3.63, 3.8) is 0 Å². The Morgan fingerprint density at radius 2 is 1.68 bits per heavy atom. The van der Waals surface area contributed by atoms with Crippen LogP contribution in [0, 0.1) is 0 Å². The molecule has 0 radical (unpaired) electrons. The quantitative estimate of drug-likeness (QED) is 0.831. The predicted molar refractivity (Wildman–Crippen MR) is 70.4 cm³/mol. The number of primary amides is 1. The molecule has 0 aromatic heterocycles. The van der Waals surface area contributed by atoms with Gasteiger partial charge < -0.3 is 10.5 Å². The van der Waals surface area contributed by atoms with E-state index < -0.39 is 12.0 Å². The Kier molecular flexibility index (Phi) is 3.93. The highest BCUT2D eigenvalue weighted by atomic mass is 16.5. The lowest BCUT2D eigenvalue weighted by molar-refractivity contribution is -0.132. The molecule has 2 rings (SSSR count). The molecule has 0 bridgehead atoms. The van der Waals surface area contributed by atoms with Crippen LogP contribution < -0.4 is 5.73 Å². The van der Waals surface area contributed by atoms with Crippen molar-refractivity contribution in [2.45, 2.75) is 6.10 Å². The second kappa shape index (κ2) is 5.82. The molecule has 0 saturated heterocycles. The molecule has 4 heteroatoms. The van der Waals surface area contributed by atoms with Gasteiger partial charge in [0.15, 0.2) is 6.10 Å². The minimum Gasteiger partial charge on any atom is -0.455 e. The molecule has 0 aliphatic carbocycles. The Hall–Kier alpha value is -2.62. The third kappa shape index (κ3) is 2.80. The first-order chi connectivity index (χ1) is 9.24. The van der Waals surface area contributed by atoms with Crippen molar-refractivity contribution in [1.29, 1.82) is 0 Å². The lowest BCUT2D eigenvalue weighted by Crippen LogP contribution is -2.17. The highest BCUT2D eigenvalue weighted by Crippen LogP contribution is 2.27. The molecule has 4 nitrogen and oxygen atoms in total. The summed E-state index contributed by atoms with van der Waals surface area (Å²) in [4.78, 5) is 22.1. The number of hydrogen-bond donors (Lipinski definition) is 1. The SMILES string of the molecule is NC(=O)c1ccccc1C(OC=O)c1ccccc1. The summed E-state index contributed by atoms with van der Waals surface area (Å²) in [5, 5.41) is 0. The van der Waals surface area contributed by atoms with E-state index in [-0.39, 0.29) is 0 Å². The molecule has 19 heavy (non-hydrogen) atoms. The van der Waals surface area contributed by atoms with E-state index >= 15 is 0 Å². The summed E-state index contributed by atoms with van der Waals surface area (Å²) in [6.45, 7) is 0.370. The summed E-state index contributed by atoms with van der Waals surface area (Å²) in [5.74, 6) is -0.550. The van der Waals surface area contributed by atoms with Crippen molar-refractivity contribution in [1.82, 2.24) is 0 Å². The van der Waals surface area contributed by atoms with Crippen molar-refractivity contribution in [2.24, 2.45) is 5.73 Å². The molecule has 1 unspecified atom stereocenters. The van der Waals surface area contributed by atoms with Crippen molar-refractivity contribution >= 4 is 12.4 Å². The first-order valence-electron chi connectivity index (χ1n) is 5.77. The van der Waals surface area contributed by atoms with Crippen LogP contribution in [0.3, 0.4) is 0 Å². The number of ether oxygens (including phenoxy) is 1. The Morgan fingerprint density at radius 3 is 2.32 bits per heavy atom. The third-order valence-corrected chi connectivity index (χ3v) is 2.80. The summed E-state index contributed by atoms with van der Waals surface area (Å²) >= 11 is 0. The van der Waals surface area contributed by atoms with Crippen LogP contribution in [0.4, 0.5) is 0 Å². The van der Waals surface area contributed by atoms with Gasteiger partial charge in [0.1, 0.15) is 0 Å². The largest absolute Gasteiger partial charge is 0.455 e. The molecule has 0 spiro atoms. The van der Waals surface area contributed by atoms with Crippen molar-refractivity contribution in [3.05, 3.63) is 71.3 Å². The number of nitrogens with two attached hydrogens (primary N) is 1. The zero-order chi connectivity index (χ0) is 13.7. The van der Waals surface area contributed by atoms with Gasteiger partial charge in [-0.3, -0.25) is 9.59 Å². The van der Waals surface area contributed by atoms with Gasteiger partial charge in [-0.05, 0) is 11.6 Å². The van der Waals surface area contributed by atoms with Gasteiger partial charge in [0.05, 0.1) is 0 Å². The maximum absolute atomic E-state index is 11.4. The number of hydrogen-bond acceptors (Lipinski definition) is 3. The van der Waals surface area contributed by atoms with E-state index in [0.717, 1.165) is 5.56 Å². The van der Waals surface area contributed by atoms with Crippen LogP contribution in [0.25, 0.3) is 0 Å². The predicted octanol–water partition coefficient (Wildman–Crippen LogP) is 2.05. The molecule has 2 aromatic rings. The van der Waals surface area contributed by atoms with E-state index in [1.165, 1.54) is 0 Å². The lowest BCUT2D eigenvalue weighted by atomic mass is 9.96. The highest BCUT2D eigenvalue weighted by molar-refractivity contribution is 5.94. The minimum absolute atomic E-state index is 0.346. The average molecular weight is 255 g/mol. The maximum Gasteiger partial charge on any atom is 0.294 e. The van der Waals surface area contributed by atoms with Gasteiger partial charge in [-0.25, -0.2) is 0 Å². The fraction of sp³-hybridized carbons (Fsp3) is 0.0667. The van der Waals surface area contributed by atoms with Crippen molar-refractivity contribution in [2.75, 3.05) is 0 Å². The third-order valence-electron chi connectivity index (χ3n) is 2.80. The molecule has 1 amide bonds. The van der Waals surface area contributed by atoms with Crippen LogP contribution in [0.5, 0.6) is 0 Å². The molecule has 0 saturated carbocycles. The van der Waals surface area contributed by atoms with E-state index in [4.69, 9.17) is 10.5 Å². The van der Waals surface area contributed by atoms with Gasteiger partial charge in [-0.2, -0.15) is 0 Å². The van der Waals surface area contributed by atoms with Crippen molar-refractivity contribution < 1.29 is 14.3 Å². The molecular weight excluding hydrogens is 242 g/mol. The summed E-state index contributed by atoms with van der Waals surface area (Å²) < 4.78 is 5.12. The molecule has 2 aromatic carbocycles. The van der Waals surface area contributed by atoms with E-state index in [0.29, 0.717) is 17.6 Å². The number of rotatable bonds is 5. The van der Waals surface area contributed by atoms with Gasteiger partial charge in [0, 0.05) is 11.1 Å². The van der Waals surface area contributed by atoms with E-state index in [2.05, 4.69) is 0 Å². The monoisotopic (exact) mass is 255 g/mol. The molecule has 0 heterocycles. The second-order valence-corrected chi connectivity index (χ2v) is 3.97. The van der Waals surface area contributed by atoms with Gasteiger partial charge in [-0.15, -0.1) is 0 Å². The standard InChI is InChI=1S/C15H13NO3/c16-15(18)13-9-5-4-8-12(13)14(19-10-17)11-6-2-1-3-7-11/h1-10,14H,(H2,16,18). The van der Waals surface area contributed by atoms with Gasteiger partial charge in [0.25, 0.3) is 6.47 Å². The summed E-state index contributed by atoms with van der Waals surface area (Å²) in [7, 11) is 0. The normalized spacial score (nSPS) is 11.6. The zero-order valence-electron chi connectivity index (χ0n) is 10.2. The molecule has 0 aliphatic heterocycles. The number of carbonyl (C=O) groups is 2. The molecule has 0 fully saturated rings. The summed E-state index contributed by atoms with van der Waals surface area (Å²) in [5.41, 5.74) is 7.05. The molecule has 1 atom stereocenters. The van der Waals surface area contributed by atoms with Crippen LogP contribution in [-0.2, 0) is 9.53 Å². The smallest absolute Gasteiger partial charge is 0.294 e. The second-order valence-electron chi connectivity index (χ2n) is 3.97. The van der Waals surface area contributed by atoms with Crippen molar-refractivity contribution in [3.8, 4) is 0 Å². The van der Waals surface area contributed by atoms with Gasteiger partial charge >= 0.3 is 0 Å². The van der Waals surface area contributed by atoms with Crippen LogP contribution >= 0.6 is 0 Å². The number of amides is 1. The zero-order valence-corrected chi connectivity index (χ0v) is 10.2. The Morgan fingerprint density at radius 1 is 1.05 bits per heavy atom. The topological polar surface area (TPSA) is 69.4 Å². The van der Waals surface area contributed by atoms with Gasteiger partial charge in [0.2, 0.25) is 5.91 Å². The maximum atomic E-state index is 11.4. The van der Waals surface area contributed by atoms with Crippen LogP contribution in [0.2, 0.25) is 0 Å². The Labute approximate surface area is 110 Å². The van der Waals surface area contributed by atoms with E-state index in [1.54, 1.807) is 24.3 Å². The van der Waals surface area contributed by atoms with E-state index in [9.17, 15) is 9.59 Å². The first-order valence-corrected chi connectivity index (χ1v) is 5.77. The lowest BCUT2D eigenvalue weighted by Gasteiger charge is -2.18. The Bertz CT molecular complexity index is 581. The molecule has 0 aliphatic rings. The summed E-state index contributed by atoms with van der Waals surface area (Å²) in [6.07, 6.45) is -0.637. The van der Waals surface area contributed by atoms with Crippen LogP contribution in [-0.4, -0.2) is 12.4 Å². The number of benzene rings is 2. The van der Waals surface area contributed by atoms with Crippen LogP contribution in [0.15, 0.2) is 54.6 Å². The minimum atomic E-state index is -0.637. The number of carbonyl (C=O) groups excluding carboxylic acids is 2. The molecular formula is C15H13NO3. The molecule has 2 N–H and O–H groups in total. The average Bonchev–Trinajstić information content (AvgIpc) is 2.45. The fourth-order valence-corrected chi connectivity index (χ4v) is 1.96. The highest BCUT2D eigenvalue weighted by Gasteiger charge is 2.20. The fourth-order valence-electron chi connectivity index (χ4n) is 1.96. The van der Waals surface area contributed by atoms with Gasteiger partial charge in [-0.1, -0.05) is 48.5 Å². The summed E-state index contributed by atoms with van der Waals surface area (Å²) in [6, 6.07) is 16.0. The Balaban J connectivity index is 2.51. The first kappa shape index (κ1) is 12.8.